The van der Waals surface area contributed by atoms with E-state index in [1.54, 1.807) is 16.7 Å². The van der Waals surface area contributed by atoms with Gasteiger partial charge < -0.3 is 10.0 Å². The van der Waals surface area contributed by atoms with Crippen molar-refractivity contribution < 1.29 is 14.7 Å². The lowest BCUT2D eigenvalue weighted by Gasteiger charge is -2.39. The molecule has 118 valence electrons. The summed E-state index contributed by atoms with van der Waals surface area (Å²) in [6.45, 7) is 5.70. The van der Waals surface area contributed by atoms with E-state index in [9.17, 15) is 14.7 Å². The molecule has 1 saturated carbocycles. The molecule has 2 amide bonds. The summed E-state index contributed by atoms with van der Waals surface area (Å²) in [6.07, 6.45) is 2.24. The van der Waals surface area contributed by atoms with Crippen molar-refractivity contribution >= 4 is 35.5 Å². The number of carbonyl (C=O) groups is 2. The number of carboxylic acid groups (broad SMARTS) is 1. The maximum absolute atomic E-state index is 12.9. The van der Waals surface area contributed by atoms with Crippen LogP contribution in [-0.4, -0.2) is 67.7 Å². The summed E-state index contributed by atoms with van der Waals surface area (Å²) in [4.78, 5) is 27.9. The third-order valence-corrected chi connectivity index (χ3v) is 6.95. The fraction of sp³-hybridized carbons (Fsp3) is 0.857. The van der Waals surface area contributed by atoms with Gasteiger partial charge in [-0.3, -0.25) is 4.90 Å². The Kier molecular flexibility index (Phi) is 4.32. The van der Waals surface area contributed by atoms with Gasteiger partial charge in [0, 0.05) is 29.3 Å². The molecule has 0 aromatic rings. The van der Waals surface area contributed by atoms with Crippen LogP contribution in [0.4, 0.5) is 4.79 Å². The molecule has 2 saturated heterocycles. The number of nitrogens with zero attached hydrogens (tertiary/aromatic N) is 2. The maximum atomic E-state index is 12.9. The standard InChI is InChI=1S/C14H22N2O3S2/c1-8-5-15(6-9(2)21-8)14(19)16-11(13(17)18)7-20-12(16)10-3-4-10/h8-12H,3-7H2,1-2H3,(H,17,18). The Labute approximate surface area is 133 Å². The van der Waals surface area contributed by atoms with Crippen molar-refractivity contribution in [3.63, 3.8) is 0 Å². The van der Waals surface area contributed by atoms with Gasteiger partial charge in [0.1, 0.15) is 6.04 Å². The van der Waals surface area contributed by atoms with E-state index in [2.05, 4.69) is 13.8 Å². The van der Waals surface area contributed by atoms with Crippen LogP contribution < -0.4 is 0 Å². The minimum absolute atomic E-state index is 0.0664. The Balaban J connectivity index is 1.77. The first-order valence-electron chi connectivity index (χ1n) is 7.54. The highest BCUT2D eigenvalue weighted by Gasteiger charge is 2.49. The first-order valence-corrected chi connectivity index (χ1v) is 9.53. The molecule has 0 aromatic carbocycles. The monoisotopic (exact) mass is 330 g/mol. The smallest absolute Gasteiger partial charge is 0.327 e. The number of hydrogen-bond donors (Lipinski definition) is 1. The van der Waals surface area contributed by atoms with Gasteiger partial charge in [-0.25, -0.2) is 9.59 Å². The molecule has 2 aliphatic heterocycles. The fourth-order valence-corrected chi connectivity index (χ4v) is 6.15. The van der Waals surface area contributed by atoms with Gasteiger partial charge in [0.05, 0.1) is 5.37 Å². The second kappa shape index (κ2) is 5.91. The Morgan fingerprint density at radius 3 is 2.29 bits per heavy atom. The number of carboxylic acids is 1. The van der Waals surface area contributed by atoms with Crippen LogP contribution in [0.15, 0.2) is 0 Å². The van der Waals surface area contributed by atoms with Gasteiger partial charge in [0.2, 0.25) is 0 Å². The van der Waals surface area contributed by atoms with Gasteiger partial charge in [-0.1, -0.05) is 13.8 Å². The summed E-state index contributed by atoms with van der Waals surface area (Å²) in [5, 5.41) is 10.3. The van der Waals surface area contributed by atoms with Gasteiger partial charge >= 0.3 is 12.0 Å². The van der Waals surface area contributed by atoms with Crippen molar-refractivity contribution in [2.45, 2.75) is 48.6 Å². The third kappa shape index (κ3) is 3.13. The first kappa shape index (κ1) is 15.3. The van der Waals surface area contributed by atoms with E-state index in [0.717, 1.165) is 25.9 Å². The highest BCUT2D eigenvalue weighted by atomic mass is 32.2. The quantitative estimate of drug-likeness (QED) is 0.841. The van der Waals surface area contributed by atoms with Gasteiger partial charge in [0.15, 0.2) is 0 Å². The predicted octanol–water partition coefficient (Wildman–Crippen LogP) is 2.17. The molecule has 7 heteroatoms. The molecule has 5 nitrogen and oxygen atoms in total. The Hall–Kier alpha value is -0.560. The SMILES string of the molecule is CC1CN(C(=O)N2C(C(=O)O)CSC2C2CC2)CC(C)S1. The van der Waals surface area contributed by atoms with Crippen molar-refractivity contribution in [1.82, 2.24) is 9.80 Å². The zero-order chi connectivity index (χ0) is 15.1. The summed E-state index contributed by atoms with van der Waals surface area (Å²) >= 11 is 3.54. The molecule has 21 heavy (non-hydrogen) atoms. The lowest BCUT2D eigenvalue weighted by molar-refractivity contribution is -0.141. The Morgan fingerprint density at radius 2 is 1.76 bits per heavy atom. The summed E-state index contributed by atoms with van der Waals surface area (Å²) in [7, 11) is 0. The highest BCUT2D eigenvalue weighted by molar-refractivity contribution is 8.00. The van der Waals surface area contributed by atoms with Crippen molar-refractivity contribution in [2.75, 3.05) is 18.8 Å². The van der Waals surface area contributed by atoms with E-state index in [1.165, 1.54) is 0 Å². The molecule has 1 N–H and O–H groups in total. The summed E-state index contributed by atoms with van der Waals surface area (Å²) in [5.74, 6) is 0.152. The van der Waals surface area contributed by atoms with Gasteiger partial charge in [-0.15, -0.1) is 11.8 Å². The van der Waals surface area contributed by atoms with Crippen molar-refractivity contribution in [3.8, 4) is 0 Å². The first-order chi connectivity index (χ1) is 9.97. The Bertz CT molecular complexity index is 434. The number of rotatable bonds is 2. The van der Waals surface area contributed by atoms with Crippen molar-refractivity contribution in [2.24, 2.45) is 5.92 Å². The fourth-order valence-electron chi connectivity index (χ4n) is 3.20. The molecule has 3 aliphatic rings. The van der Waals surface area contributed by atoms with Crippen LogP contribution in [-0.2, 0) is 4.79 Å². The molecule has 0 radical (unpaired) electrons. The molecule has 3 fully saturated rings. The molecular weight excluding hydrogens is 308 g/mol. The normalized spacial score (nSPS) is 36.9. The molecule has 0 spiro atoms. The zero-order valence-electron chi connectivity index (χ0n) is 12.4. The molecule has 4 unspecified atom stereocenters. The molecule has 4 atom stereocenters. The van der Waals surface area contributed by atoms with E-state index in [4.69, 9.17) is 0 Å². The number of hydrogen-bond acceptors (Lipinski definition) is 4. The number of aliphatic carboxylic acids is 1. The van der Waals surface area contributed by atoms with Crippen LogP contribution in [0, 0.1) is 5.92 Å². The minimum atomic E-state index is -0.869. The van der Waals surface area contributed by atoms with E-state index in [-0.39, 0.29) is 11.4 Å². The average molecular weight is 330 g/mol. The van der Waals surface area contributed by atoms with Gasteiger partial charge in [-0.05, 0) is 18.8 Å². The number of thioether (sulfide) groups is 2. The van der Waals surface area contributed by atoms with E-state index < -0.39 is 12.0 Å². The predicted molar refractivity (Wildman–Crippen MR) is 85.7 cm³/mol. The summed E-state index contributed by atoms with van der Waals surface area (Å²) in [6, 6.07) is -0.725. The number of amides is 2. The van der Waals surface area contributed by atoms with Crippen LogP contribution in [0.3, 0.4) is 0 Å². The topological polar surface area (TPSA) is 60.9 Å². The average Bonchev–Trinajstić information content (AvgIpc) is 3.15. The molecular formula is C14H22N2O3S2. The van der Waals surface area contributed by atoms with E-state index >= 15 is 0 Å². The number of urea groups is 1. The zero-order valence-corrected chi connectivity index (χ0v) is 14.0. The van der Waals surface area contributed by atoms with E-state index in [1.807, 2.05) is 16.7 Å². The van der Waals surface area contributed by atoms with Crippen LogP contribution in [0.25, 0.3) is 0 Å². The minimum Gasteiger partial charge on any atom is -0.480 e. The lowest BCUT2D eigenvalue weighted by Crippen LogP contribution is -2.55. The second-order valence-corrected chi connectivity index (χ2v) is 9.30. The highest BCUT2D eigenvalue weighted by Crippen LogP contribution is 2.46. The van der Waals surface area contributed by atoms with Gasteiger partial charge in [0.25, 0.3) is 0 Å². The van der Waals surface area contributed by atoms with Crippen LogP contribution >= 0.6 is 23.5 Å². The maximum Gasteiger partial charge on any atom is 0.327 e. The molecule has 3 rings (SSSR count). The third-order valence-electron chi connectivity index (χ3n) is 4.26. The van der Waals surface area contributed by atoms with Crippen LogP contribution in [0.1, 0.15) is 26.7 Å². The lowest BCUT2D eigenvalue weighted by atomic mass is 10.2. The largest absolute Gasteiger partial charge is 0.480 e. The van der Waals surface area contributed by atoms with Gasteiger partial charge in [-0.2, -0.15) is 11.8 Å². The van der Waals surface area contributed by atoms with E-state index in [0.29, 0.717) is 22.2 Å². The van der Waals surface area contributed by atoms with Crippen molar-refractivity contribution in [1.29, 1.82) is 0 Å². The summed E-state index contributed by atoms with van der Waals surface area (Å²) < 4.78 is 0. The summed E-state index contributed by atoms with van der Waals surface area (Å²) in [5.41, 5.74) is 0. The Morgan fingerprint density at radius 1 is 1.14 bits per heavy atom. The molecule has 0 bridgehead atoms. The van der Waals surface area contributed by atoms with Crippen LogP contribution in [0.2, 0.25) is 0 Å². The number of carbonyl (C=O) groups excluding carboxylic acids is 1. The molecule has 1 aliphatic carbocycles. The molecule has 0 aromatic heterocycles. The second-order valence-electron chi connectivity index (χ2n) is 6.27. The molecule has 2 heterocycles. The van der Waals surface area contributed by atoms with Crippen molar-refractivity contribution in [3.05, 3.63) is 0 Å². The van der Waals surface area contributed by atoms with Crippen LogP contribution in [0.5, 0.6) is 0 Å².